The number of methoxy groups -OCH3 is 1. The number of hydrogen-bond acceptors (Lipinski definition) is 7. The summed E-state index contributed by atoms with van der Waals surface area (Å²) < 4.78 is 5.04. The van der Waals surface area contributed by atoms with Crippen LogP contribution in [0.4, 0.5) is 11.5 Å². The van der Waals surface area contributed by atoms with E-state index in [9.17, 15) is 10.1 Å². The first-order valence-electron chi connectivity index (χ1n) is 7.84. The molecule has 1 saturated heterocycles. The Kier molecular flexibility index (Phi) is 5.30. The summed E-state index contributed by atoms with van der Waals surface area (Å²) in [5.41, 5.74) is 0.891. The number of halogens is 1. The Bertz CT molecular complexity index is 748. The molecule has 0 saturated carbocycles. The van der Waals surface area contributed by atoms with Gasteiger partial charge in [-0.05, 0) is 23.8 Å². The van der Waals surface area contributed by atoms with E-state index in [-0.39, 0.29) is 11.4 Å². The second-order valence-corrected chi connectivity index (χ2v) is 6.13. The van der Waals surface area contributed by atoms with Gasteiger partial charge >= 0.3 is 5.69 Å². The summed E-state index contributed by atoms with van der Waals surface area (Å²) in [4.78, 5) is 15.1. The molecule has 0 N–H and O–H groups in total. The third-order valence-corrected chi connectivity index (χ3v) is 4.36. The summed E-state index contributed by atoms with van der Waals surface area (Å²) in [6.45, 7) is 3.96. The fourth-order valence-electron chi connectivity index (χ4n) is 2.85. The highest BCUT2D eigenvalue weighted by molar-refractivity contribution is 6.29. The zero-order valence-electron chi connectivity index (χ0n) is 13.8. The summed E-state index contributed by atoms with van der Waals surface area (Å²) in [7, 11) is 1.43. The van der Waals surface area contributed by atoms with Crippen molar-refractivity contribution >= 4 is 23.1 Å². The molecule has 0 atom stereocenters. The van der Waals surface area contributed by atoms with Crippen LogP contribution < -0.4 is 9.64 Å². The van der Waals surface area contributed by atoms with E-state index in [4.69, 9.17) is 16.3 Å². The van der Waals surface area contributed by atoms with Crippen molar-refractivity contribution in [3.8, 4) is 5.75 Å². The normalized spacial score (nSPS) is 15.2. The van der Waals surface area contributed by atoms with E-state index in [1.807, 2.05) is 12.1 Å². The molecule has 0 spiro atoms. The fraction of sp³-hybridized carbons (Fsp3) is 0.375. The number of benzene rings is 1. The smallest absolute Gasteiger partial charge is 0.311 e. The van der Waals surface area contributed by atoms with Gasteiger partial charge in [0.1, 0.15) is 0 Å². The average molecular weight is 364 g/mol. The van der Waals surface area contributed by atoms with Gasteiger partial charge in [0, 0.05) is 38.8 Å². The van der Waals surface area contributed by atoms with Gasteiger partial charge < -0.3 is 9.64 Å². The molecular formula is C16H18ClN5O3. The van der Waals surface area contributed by atoms with Crippen LogP contribution in [0.25, 0.3) is 0 Å². The van der Waals surface area contributed by atoms with Crippen molar-refractivity contribution in [2.24, 2.45) is 0 Å². The summed E-state index contributed by atoms with van der Waals surface area (Å²) in [5.74, 6) is 1.09. The molecule has 8 nitrogen and oxygen atoms in total. The Labute approximate surface area is 150 Å². The molecule has 0 radical (unpaired) electrons. The van der Waals surface area contributed by atoms with Crippen molar-refractivity contribution in [3.63, 3.8) is 0 Å². The lowest BCUT2D eigenvalue weighted by atomic mass is 10.1. The molecule has 1 fully saturated rings. The molecule has 0 aliphatic carbocycles. The van der Waals surface area contributed by atoms with Crippen LogP contribution >= 0.6 is 11.6 Å². The largest absolute Gasteiger partial charge is 0.490 e. The van der Waals surface area contributed by atoms with Crippen LogP contribution in [0.1, 0.15) is 5.56 Å². The lowest BCUT2D eigenvalue weighted by molar-refractivity contribution is -0.385. The Morgan fingerprint density at radius 2 is 1.96 bits per heavy atom. The predicted octanol–water partition coefficient (Wildman–Crippen LogP) is 2.37. The van der Waals surface area contributed by atoms with Crippen LogP contribution in [0.5, 0.6) is 5.75 Å². The van der Waals surface area contributed by atoms with Crippen molar-refractivity contribution < 1.29 is 9.66 Å². The molecule has 132 valence electrons. The zero-order valence-corrected chi connectivity index (χ0v) is 14.5. The number of rotatable bonds is 5. The fourth-order valence-corrected chi connectivity index (χ4v) is 2.95. The second kappa shape index (κ2) is 7.62. The van der Waals surface area contributed by atoms with Gasteiger partial charge in [-0.3, -0.25) is 15.0 Å². The Hall–Kier alpha value is -2.45. The number of nitrogens with zero attached hydrogens (tertiary/aromatic N) is 5. The molecule has 2 aromatic rings. The van der Waals surface area contributed by atoms with Crippen molar-refractivity contribution in [1.29, 1.82) is 0 Å². The molecule has 1 aromatic heterocycles. The Morgan fingerprint density at radius 3 is 2.56 bits per heavy atom. The van der Waals surface area contributed by atoms with Gasteiger partial charge in [0.2, 0.25) is 0 Å². The van der Waals surface area contributed by atoms with Crippen LogP contribution in [0.3, 0.4) is 0 Å². The predicted molar refractivity (Wildman–Crippen MR) is 94.2 cm³/mol. The van der Waals surface area contributed by atoms with Crippen LogP contribution in [0.15, 0.2) is 30.3 Å². The average Bonchev–Trinajstić information content (AvgIpc) is 2.63. The SMILES string of the molecule is COc1ccc(CN2CCN(c3ccc(Cl)nn3)CC2)cc1[N+](=O)[O-]. The van der Waals surface area contributed by atoms with E-state index in [1.54, 1.807) is 18.2 Å². The maximum atomic E-state index is 11.1. The summed E-state index contributed by atoms with van der Waals surface area (Å²) in [6, 6.07) is 8.68. The topological polar surface area (TPSA) is 84.6 Å². The van der Waals surface area contributed by atoms with Gasteiger partial charge in [0.25, 0.3) is 0 Å². The molecule has 0 bridgehead atoms. The number of ether oxygens (including phenoxy) is 1. The Balaban J connectivity index is 1.61. The molecule has 9 heteroatoms. The number of aromatic nitrogens is 2. The number of anilines is 1. The molecule has 0 unspecified atom stereocenters. The second-order valence-electron chi connectivity index (χ2n) is 5.74. The maximum Gasteiger partial charge on any atom is 0.311 e. The molecular weight excluding hydrogens is 346 g/mol. The van der Waals surface area contributed by atoms with Gasteiger partial charge in [-0.25, -0.2) is 0 Å². The number of nitro benzene ring substituents is 1. The first-order valence-corrected chi connectivity index (χ1v) is 8.22. The van der Waals surface area contributed by atoms with E-state index in [2.05, 4.69) is 20.0 Å². The van der Waals surface area contributed by atoms with Crippen molar-refractivity contribution in [3.05, 3.63) is 51.2 Å². The molecule has 1 aliphatic rings. The highest BCUT2D eigenvalue weighted by Gasteiger charge is 2.20. The van der Waals surface area contributed by atoms with E-state index in [0.29, 0.717) is 11.7 Å². The standard InChI is InChI=1S/C16H18ClN5O3/c1-25-14-3-2-12(10-13(14)22(23)24)11-20-6-8-21(9-7-20)16-5-4-15(17)18-19-16/h2-5,10H,6-9,11H2,1H3. The molecule has 25 heavy (non-hydrogen) atoms. The lowest BCUT2D eigenvalue weighted by Gasteiger charge is -2.35. The van der Waals surface area contributed by atoms with E-state index >= 15 is 0 Å². The summed E-state index contributed by atoms with van der Waals surface area (Å²) in [6.07, 6.45) is 0. The molecule has 1 aromatic carbocycles. The summed E-state index contributed by atoms with van der Waals surface area (Å²) in [5, 5.41) is 19.5. The Morgan fingerprint density at radius 1 is 1.20 bits per heavy atom. The van der Waals surface area contributed by atoms with Crippen LogP contribution in [-0.4, -0.2) is 53.3 Å². The van der Waals surface area contributed by atoms with Gasteiger partial charge in [-0.1, -0.05) is 17.7 Å². The first-order chi connectivity index (χ1) is 12.1. The number of nitro groups is 1. The van der Waals surface area contributed by atoms with Crippen LogP contribution in [0.2, 0.25) is 5.15 Å². The number of piperazine rings is 1. The monoisotopic (exact) mass is 363 g/mol. The van der Waals surface area contributed by atoms with Crippen molar-refractivity contribution in [2.75, 3.05) is 38.2 Å². The molecule has 2 heterocycles. The first kappa shape index (κ1) is 17.4. The van der Waals surface area contributed by atoms with Gasteiger partial charge in [0.15, 0.2) is 16.7 Å². The van der Waals surface area contributed by atoms with E-state index in [0.717, 1.165) is 37.6 Å². The third kappa shape index (κ3) is 4.15. The molecule has 3 rings (SSSR count). The highest BCUT2D eigenvalue weighted by atomic mass is 35.5. The molecule has 1 aliphatic heterocycles. The quantitative estimate of drug-likeness (QED) is 0.595. The van der Waals surface area contributed by atoms with Crippen molar-refractivity contribution in [2.45, 2.75) is 6.54 Å². The minimum absolute atomic E-state index is 0.00456. The number of hydrogen-bond donors (Lipinski definition) is 0. The zero-order chi connectivity index (χ0) is 17.8. The van der Waals surface area contributed by atoms with E-state index < -0.39 is 4.92 Å². The van der Waals surface area contributed by atoms with Gasteiger partial charge in [-0.2, -0.15) is 0 Å². The summed E-state index contributed by atoms with van der Waals surface area (Å²) >= 11 is 5.76. The lowest BCUT2D eigenvalue weighted by Crippen LogP contribution is -2.46. The minimum atomic E-state index is -0.417. The third-order valence-electron chi connectivity index (χ3n) is 4.16. The van der Waals surface area contributed by atoms with Gasteiger partial charge in [-0.15, -0.1) is 10.2 Å². The van der Waals surface area contributed by atoms with Gasteiger partial charge in [0.05, 0.1) is 12.0 Å². The van der Waals surface area contributed by atoms with Crippen molar-refractivity contribution in [1.82, 2.24) is 15.1 Å². The molecule has 0 amide bonds. The van der Waals surface area contributed by atoms with E-state index in [1.165, 1.54) is 7.11 Å². The maximum absolute atomic E-state index is 11.1. The van der Waals surface area contributed by atoms with Crippen LogP contribution in [-0.2, 0) is 6.54 Å². The highest BCUT2D eigenvalue weighted by Crippen LogP contribution is 2.28. The minimum Gasteiger partial charge on any atom is -0.490 e. The van der Waals surface area contributed by atoms with Crippen LogP contribution in [0, 0.1) is 10.1 Å².